The highest BCUT2D eigenvalue weighted by atomic mass is 16.5. The second-order valence-corrected chi connectivity index (χ2v) is 4.84. The Kier molecular flexibility index (Phi) is 5.31. The third-order valence-electron chi connectivity index (χ3n) is 3.45. The van der Waals surface area contributed by atoms with E-state index < -0.39 is 0 Å². The van der Waals surface area contributed by atoms with E-state index in [0.29, 0.717) is 17.5 Å². The zero-order valence-electron chi connectivity index (χ0n) is 12.7. The zero-order chi connectivity index (χ0) is 15.9. The minimum absolute atomic E-state index is 0.334. The van der Waals surface area contributed by atoms with Gasteiger partial charge < -0.3 is 9.47 Å². The van der Waals surface area contributed by atoms with E-state index >= 15 is 0 Å². The molecule has 0 saturated heterocycles. The summed E-state index contributed by atoms with van der Waals surface area (Å²) in [5.41, 5.74) is 3.05. The standard InChI is InChI=1S/C18H18O4/c1-21-17(19)15-8-5-6-13(12-15)10-11-14-7-3-4-9-16(14)18(20)22-2/h3-9,12H,10-11H2,1-2H3. The van der Waals surface area contributed by atoms with Gasteiger partial charge in [-0.15, -0.1) is 0 Å². The van der Waals surface area contributed by atoms with Gasteiger partial charge in [-0.1, -0.05) is 30.3 Å². The molecule has 0 bridgehead atoms. The van der Waals surface area contributed by atoms with Crippen LogP contribution in [0.3, 0.4) is 0 Å². The molecule has 22 heavy (non-hydrogen) atoms. The molecule has 0 radical (unpaired) electrons. The van der Waals surface area contributed by atoms with Crippen molar-refractivity contribution in [3.8, 4) is 0 Å². The summed E-state index contributed by atoms with van der Waals surface area (Å²) in [4.78, 5) is 23.3. The number of hydrogen-bond donors (Lipinski definition) is 0. The number of carbonyl (C=O) groups is 2. The van der Waals surface area contributed by atoms with Crippen LogP contribution < -0.4 is 0 Å². The minimum atomic E-state index is -0.350. The number of carbonyl (C=O) groups excluding carboxylic acids is 2. The van der Waals surface area contributed by atoms with Gasteiger partial charge in [0.2, 0.25) is 0 Å². The van der Waals surface area contributed by atoms with Crippen molar-refractivity contribution >= 4 is 11.9 Å². The molecule has 4 nitrogen and oxygen atoms in total. The van der Waals surface area contributed by atoms with E-state index in [-0.39, 0.29) is 11.9 Å². The fraction of sp³-hybridized carbons (Fsp3) is 0.222. The summed E-state index contributed by atoms with van der Waals surface area (Å²) in [6, 6.07) is 14.7. The molecule has 0 fully saturated rings. The predicted octanol–water partition coefficient (Wildman–Crippen LogP) is 3.05. The summed E-state index contributed by atoms with van der Waals surface area (Å²) in [6.45, 7) is 0. The van der Waals surface area contributed by atoms with E-state index in [9.17, 15) is 9.59 Å². The van der Waals surface area contributed by atoms with Gasteiger partial charge in [0.25, 0.3) is 0 Å². The maximum Gasteiger partial charge on any atom is 0.338 e. The third-order valence-corrected chi connectivity index (χ3v) is 3.45. The largest absolute Gasteiger partial charge is 0.465 e. The summed E-state index contributed by atoms with van der Waals surface area (Å²) < 4.78 is 9.51. The van der Waals surface area contributed by atoms with Crippen molar-refractivity contribution in [2.45, 2.75) is 12.8 Å². The zero-order valence-corrected chi connectivity index (χ0v) is 12.7. The van der Waals surface area contributed by atoms with E-state index in [1.54, 1.807) is 12.1 Å². The van der Waals surface area contributed by atoms with E-state index in [0.717, 1.165) is 17.5 Å². The van der Waals surface area contributed by atoms with Crippen LogP contribution in [-0.2, 0) is 22.3 Å². The molecule has 0 aromatic heterocycles. The maximum absolute atomic E-state index is 11.7. The average molecular weight is 298 g/mol. The predicted molar refractivity (Wildman–Crippen MR) is 83.0 cm³/mol. The first-order valence-corrected chi connectivity index (χ1v) is 6.99. The summed E-state index contributed by atoms with van der Waals surface area (Å²) in [6.07, 6.45) is 1.41. The smallest absolute Gasteiger partial charge is 0.338 e. The number of ether oxygens (including phenoxy) is 2. The molecule has 2 rings (SSSR count). The average Bonchev–Trinajstić information content (AvgIpc) is 2.59. The lowest BCUT2D eigenvalue weighted by Gasteiger charge is -2.08. The summed E-state index contributed by atoms with van der Waals surface area (Å²) >= 11 is 0. The van der Waals surface area contributed by atoms with Gasteiger partial charge in [0.05, 0.1) is 25.3 Å². The lowest BCUT2D eigenvalue weighted by Crippen LogP contribution is -2.07. The molecule has 0 heterocycles. The molecule has 0 aliphatic carbocycles. The molecule has 2 aromatic rings. The molecule has 0 saturated carbocycles. The van der Waals surface area contributed by atoms with Gasteiger partial charge in [-0.3, -0.25) is 0 Å². The molecule has 0 spiro atoms. The van der Waals surface area contributed by atoms with Crippen LogP contribution >= 0.6 is 0 Å². The monoisotopic (exact) mass is 298 g/mol. The van der Waals surface area contributed by atoms with Crippen LogP contribution in [0.25, 0.3) is 0 Å². The number of benzene rings is 2. The van der Waals surface area contributed by atoms with Crippen LogP contribution in [0.15, 0.2) is 48.5 Å². The Morgan fingerprint density at radius 1 is 0.864 bits per heavy atom. The molecule has 2 aromatic carbocycles. The van der Waals surface area contributed by atoms with Crippen LogP contribution in [0.1, 0.15) is 31.8 Å². The van der Waals surface area contributed by atoms with Crippen molar-refractivity contribution in [1.29, 1.82) is 0 Å². The van der Waals surface area contributed by atoms with Crippen LogP contribution in [0.5, 0.6) is 0 Å². The first kappa shape index (κ1) is 15.8. The second kappa shape index (κ2) is 7.41. The van der Waals surface area contributed by atoms with E-state index in [4.69, 9.17) is 9.47 Å². The van der Waals surface area contributed by atoms with Gasteiger partial charge >= 0.3 is 11.9 Å². The highest BCUT2D eigenvalue weighted by molar-refractivity contribution is 5.91. The van der Waals surface area contributed by atoms with E-state index in [1.165, 1.54) is 14.2 Å². The molecule has 0 amide bonds. The number of aryl methyl sites for hydroxylation is 2. The third kappa shape index (κ3) is 3.73. The molecular formula is C18H18O4. The van der Waals surface area contributed by atoms with Crippen molar-refractivity contribution in [3.63, 3.8) is 0 Å². The first-order chi connectivity index (χ1) is 10.7. The topological polar surface area (TPSA) is 52.6 Å². The fourth-order valence-corrected chi connectivity index (χ4v) is 2.30. The molecule has 0 aliphatic heterocycles. The van der Waals surface area contributed by atoms with Crippen LogP contribution in [0, 0.1) is 0 Å². The Balaban J connectivity index is 2.14. The summed E-state index contributed by atoms with van der Waals surface area (Å²) in [5, 5.41) is 0. The first-order valence-electron chi connectivity index (χ1n) is 6.99. The van der Waals surface area contributed by atoms with Crippen LogP contribution in [0.4, 0.5) is 0 Å². The van der Waals surface area contributed by atoms with Crippen LogP contribution in [0.2, 0.25) is 0 Å². The highest BCUT2D eigenvalue weighted by Gasteiger charge is 2.11. The SMILES string of the molecule is COC(=O)c1cccc(CCc2ccccc2C(=O)OC)c1. The van der Waals surface area contributed by atoms with E-state index in [2.05, 4.69) is 0 Å². The minimum Gasteiger partial charge on any atom is -0.465 e. The Labute approximate surface area is 129 Å². The van der Waals surface area contributed by atoms with Gasteiger partial charge in [0, 0.05) is 0 Å². The van der Waals surface area contributed by atoms with Gasteiger partial charge in [-0.2, -0.15) is 0 Å². The number of esters is 2. The van der Waals surface area contributed by atoms with Crippen molar-refractivity contribution in [3.05, 3.63) is 70.8 Å². The van der Waals surface area contributed by atoms with Gasteiger partial charge in [-0.25, -0.2) is 9.59 Å². The maximum atomic E-state index is 11.7. The number of methoxy groups -OCH3 is 2. The van der Waals surface area contributed by atoms with Gasteiger partial charge in [0.15, 0.2) is 0 Å². The Morgan fingerprint density at radius 3 is 2.32 bits per heavy atom. The van der Waals surface area contributed by atoms with Gasteiger partial charge in [0.1, 0.15) is 0 Å². The van der Waals surface area contributed by atoms with Crippen LogP contribution in [-0.4, -0.2) is 26.2 Å². The van der Waals surface area contributed by atoms with Gasteiger partial charge in [-0.05, 0) is 42.2 Å². The normalized spacial score (nSPS) is 10.1. The molecule has 0 unspecified atom stereocenters. The molecular weight excluding hydrogens is 280 g/mol. The Hall–Kier alpha value is -2.62. The number of rotatable bonds is 5. The summed E-state index contributed by atoms with van der Waals surface area (Å²) in [5.74, 6) is -0.685. The molecule has 0 N–H and O–H groups in total. The van der Waals surface area contributed by atoms with E-state index in [1.807, 2.05) is 36.4 Å². The Bertz CT molecular complexity index is 676. The molecule has 4 heteroatoms. The number of hydrogen-bond acceptors (Lipinski definition) is 4. The second-order valence-electron chi connectivity index (χ2n) is 4.84. The van der Waals surface area contributed by atoms with Crippen molar-refractivity contribution in [2.24, 2.45) is 0 Å². The van der Waals surface area contributed by atoms with Crippen molar-refractivity contribution in [1.82, 2.24) is 0 Å². The molecule has 114 valence electrons. The lowest BCUT2D eigenvalue weighted by atomic mass is 9.99. The fourth-order valence-electron chi connectivity index (χ4n) is 2.30. The Morgan fingerprint density at radius 2 is 1.59 bits per heavy atom. The quantitative estimate of drug-likeness (QED) is 0.796. The lowest BCUT2D eigenvalue weighted by molar-refractivity contribution is 0.0591. The summed E-state index contributed by atoms with van der Waals surface area (Å²) in [7, 11) is 2.74. The molecule has 0 aliphatic rings. The van der Waals surface area contributed by atoms with Crippen molar-refractivity contribution in [2.75, 3.05) is 14.2 Å². The van der Waals surface area contributed by atoms with Crippen molar-refractivity contribution < 1.29 is 19.1 Å². The highest BCUT2D eigenvalue weighted by Crippen LogP contribution is 2.15. The molecule has 0 atom stereocenters.